The summed E-state index contributed by atoms with van der Waals surface area (Å²) in [7, 11) is 2.69. The normalized spacial score (nSPS) is 28.5. The summed E-state index contributed by atoms with van der Waals surface area (Å²) in [5.74, 6) is 0.971. The maximum atomic E-state index is 13.6. The minimum Gasteiger partial charge on any atom is -0.479 e. The van der Waals surface area contributed by atoms with Gasteiger partial charge in [-0.15, -0.1) is 5.10 Å². The van der Waals surface area contributed by atoms with Crippen molar-refractivity contribution in [3.8, 4) is 5.88 Å². The molecule has 3 saturated carbocycles. The van der Waals surface area contributed by atoms with Gasteiger partial charge in [-0.2, -0.15) is 0 Å². The Hall–Kier alpha value is -4.62. The van der Waals surface area contributed by atoms with Crippen molar-refractivity contribution in [2.75, 3.05) is 19.5 Å². The fourth-order valence-electron chi connectivity index (χ4n) is 6.46. The smallest absolute Gasteiger partial charge is 0.407 e. The molecule has 3 aliphatic rings. The number of ether oxygens (including phenoxy) is 2. The molecule has 3 fully saturated rings. The SMILES string of the molecule is [2H]C([2H])([2H])n1c(=O)n([C@@H]2CC[C@@]([2H])(NC(=O)OC)C2)c2cc(Nc3ccc4c(OC)nn([C@@]5(C(N)=O)C[C@@H]5C5CC5)c4n3)ncc21. The fourth-order valence-corrected chi connectivity index (χ4v) is 6.46. The minimum atomic E-state index is -2.79. The molecule has 0 unspecified atom stereocenters. The lowest BCUT2D eigenvalue weighted by molar-refractivity contribution is -0.123. The lowest BCUT2D eigenvalue weighted by atomic mass is 10.1. The molecule has 4 aromatic rings. The van der Waals surface area contributed by atoms with E-state index in [1.54, 1.807) is 22.9 Å². The Labute approximate surface area is 245 Å². The Morgan fingerprint density at radius 2 is 2.02 bits per heavy atom. The summed E-state index contributed by atoms with van der Waals surface area (Å²) < 4.78 is 46.5. The molecule has 14 heteroatoms. The van der Waals surface area contributed by atoms with E-state index in [9.17, 15) is 14.4 Å². The summed E-state index contributed by atoms with van der Waals surface area (Å²) in [6, 6.07) is 3.02. The number of aryl methyl sites for hydroxylation is 1. The van der Waals surface area contributed by atoms with Crippen LogP contribution in [0.4, 0.5) is 16.4 Å². The number of hydrogen-bond donors (Lipinski definition) is 3. The van der Waals surface area contributed by atoms with E-state index in [0.717, 1.165) is 12.8 Å². The number of anilines is 2. The van der Waals surface area contributed by atoms with Gasteiger partial charge in [-0.05, 0) is 62.5 Å². The van der Waals surface area contributed by atoms with Gasteiger partial charge < -0.3 is 25.8 Å². The molecule has 0 saturated heterocycles. The average Bonchev–Trinajstić information content (AvgIpc) is 3.88. The van der Waals surface area contributed by atoms with Crippen molar-refractivity contribution < 1.29 is 24.5 Å². The third kappa shape index (κ3) is 3.99. The number of methoxy groups -OCH3 is 2. The second-order valence-corrected chi connectivity index (χ2v) is 11.2. The highest BCUT2D eigenvalue weighted by molar-refractivity contribution is 5.91. The number of nitrogens with two attached hydrogens (primary N) is 1. The van der Waals surface area contributed by atoms with E-state index < -0.39 is 42.3 Å². The van der Waals surface area contributed by atoms with E-state index in [2.05, 4.69) is 25.5 Å². The van der Waals surface area contributed by atoms with Gasteiger partial charge in [0.05, 0.1) is 38.2 Å². The van der Waals surface area contributed by atoms with Gasteiger partial charge in [-0.25, -0.2) is 24.2 Å². The van der Waals surface area contributed by atoms with Gasteiger partial charge in [-0.3, -0.25) is 13.9 Å². The molecule has 14 nitrogen and oxygen atoms in total. The molecule has 4 N–H and O–H groups in total. The Morgan fingerprint density at radius 3 is 2.74 bits per heavy atom. The Balaban J connectivity index is 1.27. The summed E-state index contributed by atoms with van der Waals surface area (Å²) in [4.78, 5) is 47.4. The van der Waals surface area contributed by atoms with Crippen LogP contribution in [0, 0.1) is 11.8 Å². The van der Waals surface area contributed by atoms with E-state index in [1.165, 1.54) is 25.0 Å². The number of imidazole rings is 1. The minimum absolute atomic E-state index is 0.0563. The molecule has 0 radical (unpaired) electrons. The molecule has 3 aliphatic carbocycles. The highest BCUT2D eigenvalue weighted by Gasteiger charge is 2.67. The van der Waals surface area contributed by atoms with E-state index in [1.807, 2.05) is 0 Å². The lowest BCUT2D eigenvalue weighted by Gasteiger charge is -2.15. The van der Waals surface area contributed by atoms with Crippen LogP contribution < -0.4 is 26.8 Å². The number of aromatic nitrogens is 6. The quantitative estimate of drug-likeness (QED) is 0.283. The maximum absolute atomic E-state index is 13.6. The van der Waals surface area contributed by atoms with Crippen LogP contribution in [0.2, 0.25) is 0 Å². The number of rotatable bonds is 8. The van der Waals surface area contributed by atoms with E-state index >= 15 is 0 Å². The zero-order chi connectivity index (χ0) is 32.8. The van der Waals surface area contributed by atoms with Gasteiger partial charge in [0.2, 0.25) is 11.8 Å². The predicted octanol–water partition coefficient (Wildman–Crippen LogP) is 2.29. The number of hydrogen-bond acceptors (Lipinski definition) is 9. The van der Waals surface area contributed by atoms with E-state index in [4.69, 9.17) is 20.9 Å². The largest absolute Gasteiger partial charge is 0.479 e. The molecule has 4 atom stereocenters. The highest BCUT2D eigenvalue weighted by Crippen LogP contribution is 2.61. The predicted molar refractivity (Wildman–Crippen MR) is 153 cm³/mol. The number of nitrogens with one attached hydrogen (secondary N) is 2. The Kier molecular flexibility index (Phi) is 4.96. The molecule has 4 aromatic heterocycles. The number of carbonyl (C=O) groups excluding carboxylic acids is 2. The zero-order valence-electron chi connectivity index (χ0n) is 27.1. The second kappa shape index (κ2) is 9.46. The second-order valence-electron chi connectivity index (χ2n) is 11.2. The topological polar surface area (TPSA) is 173 Å². The number of amides is 2. The average molecular weight is 580 g/mol. The number of alkyl carbamates (subject to hydrolysis) is 1. The van der Waals surface area contributed by atoms with Crippen LogP contribution in [0.5, 0.6) is 5.88 Å². The first-order chi connectivity index (χ1) is 21.8. The molecule has 4 heterocycles. The molecule has 0 aliphatic heterocycles. The molecule has 0 aromatic carbocycles. The Bertz CT molecular complexity index is 1970. The van der Waals surface area contributed by atoms with Crippen molar-refractivity contribution in [1.82, 2.24) is 34.2 Å². The van der Waals surface area contributed by atoms with Crippen molar-refractivity contribution in [2.24, 2.45) is 24.5 Å². The van der Waals surface area contributed by atoms with E-state index in [0.29, 0.717) is 46.1 Å². The maximum Gasteiger partial charge on any atom is 0.407 e. The van der Waals surface area contributed by atoms with Gasteiger partial charge in [0.15, 0.2) is 5.65 Å². The third-order valence-corrected chi connectivity index (χ3v) is 8.78. The molecule has 220 valence electrons. The summed E-state index contributed by atoms with van der Waals surface area (Å²) in [6.07, 6.45) is 3.83. The summed E-state index contributed by atoms with van der Waals surface area (Å²) in [5, 5.41) is 10.8. The van der Waals surface area contributed by atoms with Gasteiger partial charge in [0, 0.05) is 29.2 Å². The molecular weight excluding hydrogens is 542 g/mol. The lowest BCUT2D eigenvalue weighted by Crippen LogP contribution is -2.37. The van der Waals surface area contributed by atoms with Crippen molar-refractivity contribution in [3.05, 3.63) is 34.9 Å². The van der Waals surface area contributed by atoms with Crippen LogP contribution in [-0.2, 0) is 22.0 Å². The standard InChI is InChI=1S/C28H33N9O5/c1-35-20-13-30-22(11-19(20)36(27(35)40)16-7-6-15(10-16)31-26(39)42-3)32-21-9-8-17-23(33-21)37(34-24(17)41-2)28(25(29)38)12-18(28)14-4-5-14/h8-9,11,13-16,18H,4-7,10,12H2,1-3H3,(H2,29,38)(H,31,39)(H,30,32,33)/t15-,16-,18-,28+/m1/s1/i1D3,15D. The van der Waals surface area contributed by atoms with Crippen LogP contribution in [-0.4, -0.2) is 61.1 Å². The van der Waals surface area contributed by atoms with Crippen molar-refractivity contribution in [3.63, 3.8) is 0 Å². The molecule has 0 spiro atoms. The molecule has 0 bridgehead atoms. The van der Waals surface area contributed by atoms with Gasteiger partial charge in [0.1, 0.15) is 17.2 Å². The Morgan fingerprint density at radius 1 is 1.19 bits per heavy atom. The first kappa shape index (κ1) is 22.0. The van der Waals surface area contributed by atoms with E-state index in [-0.39, 0.29) is 35.6 Å². The highest BCUT2D eigenvalue weighted by atomic mass is 16.5. The molecular formula is C28H33N9O5. The number of fused-ring (bicyclic) bond motifs is 2. The fraction of sp³-hybridized carbons (Fsp3) is 0.500. The zero-order valence-corrected chi connectivity index (χ0v) is 23.1. The van der Waals surface area contributed by atoms with Crippen molar-refractivity contribution >= 4 is 45.7 Å². The first-order valence-electron chi connectivity index (χ1n) is 15.8. The number of nitrogens with zero attached hydrogens (tertiary/aromatic N) is 6. The van der Waals surface area contributed by atoms with Gasteiger partial charge >= 0.3 is 11.8 Å². The van der Waals surface area contributed by atoms with Gasteiger partial charge in [0.25, 0.3) is 0 Å². The van der Waals surface area contributed by atoms with Crippen molar-refractivity contribution in [1.29, 1.82) is 0 Å². The van der Waals surface area contributed by atoms with Crippen LogP contribution >= 0.6 is 0 Å². The summed E-state index contributed by atoms with van der Waals surface area (Å²) in [6.45, 7) is -2.79. The number of pyridine rings is 2. The van der Waals surface area contributed by atoms with Crippen molar-refractivity contribution in [2.45, 2.75) is 56.1 Å². The first-order valence-corrected chi connectivity index (χ1v) is 13.8. The summed E-state index contributed by atoms with van der Waals surface area (Å²) >= 11 is 0. The number of primary amides is 1. The molecule has 2 amide bonds. The van der Waals surface area contributed by atoms with Crippen LogP contribution in [0.25, 0.3) is 22.1 Å². The monoisotopic (exact) mass is 579 g/mol. The molecule has 42 heavy (non-hydrogen) atoms. The van der Waals surface area contributed by atoms with Crippen LogP contribution in [0.3, 0.4) is 0 Å². The van der Waals surface area contributed by atoms with Crippen LogP contribution in [0.1, 0.15) is 50.0 Å². The third-order valence-electron chi connectivity index (χ3n) is 8.78. The van der Waals surface area contributed by atoms with Gasteiger partial charge in [-0.1, -0.05) is 0 Å². The number of carbonyl (C=O) groups is 2. The van der Waals surface area contributed by atoms with Crippen LogP contribution in [0.15, 0.2) is 29.2 Å². The summed E-state index contributed by atoms with van der Waals surface area (Å²) in [5.41, 5.74) is 4.96. The molecule has 7 rings (SSSR count).